The van der Waals surface area contributed by atoms with Crippen LogP contribution >= 0.6 is 15.9 Å². The van der Waals surface area contributed by atoms with Crippen LogP contribution < -0.4 is 4.72 Å². The number of nitrogens with zero attached hydrogens (tertiary/aromatic N) is 1. The third-order valence-corrected chi connectivity index (χ3v) is 4.52. The summed E-state index contributed by atoms with van der Waals surface area (Å²) >= 11 is 3.16. The monoisotopic (exact) mass is 354 g/mol. The average molecular weight is 355 g/mol. The van der Waals surface area contributed by atoms with Crippen LogP contribution in [0.25, 0.3) is 0 Å². The van der Waals surface area contributed by atoms with Crippen molar-refractivity contribution in [1.82, 2.24) is 0 Å². The van der Waals surface area contributed by atoms with Gasteiger partial charge in [-0.1, -0.05) is 12.1 Å². The first-order chi connectivity index (χ1) is 9.44. The van der Waals surface area contributed by atoms with E-state index in [1.165, 1.54) is 36.4 Å². The summed E-state index contributed by atoms with van der Waals surface area (Å²) in [7, 11) is -4.02. The molecule has 0 radical (unpaired) electrons. The van der Waals surface area contributed by atoms with Gasteiger partial charge < -0.3 is 0 Å². The molecule has 0 fully saturated rings. The van der Waals surface area contributed by atoms with E-state index in [1.807, 2.05) is 6.07 Å². The van der Waals surface area contributed by atoms with Gasteiger partial charge in [0.15, 0.2) is 0 Å². The largest absolute Gasteiger partial charge is 0.278 e. The third-order valence-electron chi connectivity index (χ3n) is 2.47. The van der Waals surface area contributed by atoms with Gasteiger partial charge in [-0.2, -0.15) is 5.26 Å². The van der Waals surface area contributed by atoms with Crippen LogP contribution in [-0.2, 0) is 10.0 Å². The first kappa shape index (κ1) is 14.5. The van der Waals surface area contributed by atoms with Crippen LogP contribution in [0.4, 0.5) is 10.1 Å². The maximum absolute atomic E-state index is 13.5. The fourth-order valence-corrected chi connectivity index (χ4v) is 3.30. The van der Waals surface area contributed by atoms with Gasteiger partial charge in [0.05, 0.1) is 17.3 Å². The van der Waals surface area contributed by atoms with Crippen LogP contribution in [0, 0.1) is 17.1 Å². The molecule has 102 valence electrons. The van der Waals surface area contributed by atoms with Crippen molar-refractivity contribution in [3.05, 3.63) is 58.3 Å². The lowest BCUT2D eigenvalue weighted by Crippen LogP contribution is -2.14. The molecular weight excluding hydrogens is 347 g/mol. The highest BCUT2D eigenvalue weighted by molar-refractivity contribution is 9.10. The summed E-state index contributed by atoms with van der Waals surface area (Å²) in [6.07, 6.45) is 0. The second-order valence-electron chi connectivity index (χ2n) is 3.84. The standard InChI is InChI=1S/C13H8BrFN2O2S/c14-10-7-9(8-16)5-6-12(10)17-20(18,19)13-4-2-1-3-11(13)15/h1-7,17H. The highest BCUT2D eigenvalue weighted by Gasteiger charge is 2.19. The first-order valence-corrected chi connectivity index (χ1v) is 7.68. The first-order valence-electron chi connectivity index (χ1n) is 5.41. The maximum Gasteiger partial charge on any atom is 0.264 e. The summed E-state index contributed by atoms with van der Waals surface area (Å²) in [4.78, 5) is -0.434. The summed E-state index contributed by atoms with van der Waals surface area (Å²) in [6, 6.07) is 11.4. The van der Waals surface area contributed by atoms with E-state index in [-0.39, 0.29) is 5.69 Å². The van der Waals surface area contributed by atoms with Gasteiger partial charge in [0.1, 0.15) is 10.7 Å². The van der Waals surface area contributed by atoms with Crippen LogP contribution in [-0.4, -0.2) is 8.42 Å². The molecule has 0 spiro atoms. The fourth-order valence-electron chi connectivity index (χ4n) is 1.53. The van der Waals surface area contributed by atoms with Crippen molar-refractivity contribution < 1.29 is 12.8 Å². The van der Waals surface area contributed by atoms with Crippen LogP contribution in [0.5, 0.6) is 0 Å². The van der Waals surface area contributed by atoms with E-state index in [9.17, 15) is 12.8 Å². The van der Waals surface area contributed by atoms with Gasteiger partial charge in [0.2, 0.25) is 0 Å². The number of benzene rings is 2. The molecule has 0 aliphatic carbocycles. The zero-order valence-electron chi connectivity index (χ0n) is 9.97. The van der Waals surface area contributed by atoms with Crippen molar-refractivity contribution in [2.75, 3.05) is 4.72 Å². The molecule has 0 unspecified atom stereocenters. The normalized spacial score (nSPS) is 10.8. The summed E-state index contributed by atoms with van der Waals surface area (Å²) in [6.45, 7) is 0. The number of nitrogens with one attached hydrogen (secondary N) is 1. The van der Waals surface area contributed by atoms with Gasteiger partial charge in [0.25, 0.3) is 10.0 Å². The number of hydrogen-bond acceptors (Lipinski definition) is 3. The Kier molecular flexibility index (Phi) is 4.06. The molecule has 0 bridgehead atoms. The van der Waals surface area contributed by atoms with Crippen molar-refractivity contribution in [3.8, 4) is 6.07 Å². The minimum atomic E-state index is -4.02. The van der Waals surface area contributed by atoms with Gasteiger partial charge in [0, 0.05) is 4.47 Å². The molecule has 0 heterocycles. The molecule has 0 amide bonds. The number of anilines is 1. The van der Waals surface area contributed by atoms with Crippen molar-refractivity contribution >= 4 is 31.6 Å². The summed E-state index contributed by atoms with van der Waals surface area (Å²) in [5.74, 6) is -0.829. The lowest BCUT2D eigenvalue weighted by molar-refractivity contribution is 0.570. The molecule has 7 heteroatoms. The molecule has 20 heavy (non-hydrogen) atoms. The zero-order valence-corrected chi connectivity index (χ0v) is 12.4. The van der Waals surface area contributed by atoms with Crippen molar-refractivity contribution in [2.45, 2.75) is 4.90 Å². The van der Waals surface area contributed by atoms with E-state index < -0.39 is 20.7 Å². The van der Waals surface area contributed by atoms with E-state index in [4.69, 9.17) is 5.26 Å². The van der Waals surface area contributed by atoms with Crippen molar-refractivity contribution in [2.24, 2.45) is 0 Å². The Bertz CT molecular complexity index is 800. The highest BCUT2D eigenvalue weighted by atomic mass is 79.9. The molecule has 0 aromatic heterocycles. The molecule has 0 saturated heterocycles. The highest BCUT2D eigenvalue weighted by Crippen LogP contribution is 2.26. The molecular formula is C13H8BrFN2O2S. The van der Waals surface area contributed by atoms with Gasteiger partial charge in [-0.15, -0.1) is 0 Å². The number of rotatable bonds is 3. The Morgan fingerprint density at radius 1 is 1.20 bits per heavy atom. The molecule has 0 atom stereocenters. The van der Waals surface area contributed by atoms with Crippen LogP contribution in [0.2, 0.25) is 0 Å². The maximum atomic E-state index is 13.5. The minimum absolute atomic E-state index is 0.229. The predicted octanol–water partition coefficient (Wildman–Crippen LogP) is 3.26. The second-order valence-corrected chi connectivity index (χ2v) is 6.35. The van der Waals surface area contributed by atoms with Gasteiger partial charge >= 0.3 is 0 Å². The topological polar surface area (TPSA) is 70.0 Å². The zero-order chi connectivity index (χ0) is 14.8. The van der Waals surface area contributed by atoms with E-state index in [2.05, 4.69) is 20.7 Å². The Balaban J connectivity index is 2.40. The van der Waals surface area contributed by atoms with Crippen LogP contribution in [0.1, 0.15) is 5.56 Å². The number of nitriles is 1. The molecule has 4 nitrogen and oxygen atoms in total. The lowest BCUT2D eigenvalue weighted by Gasteiger charge is -2.10. The Morgan fingerprint density at radius 3 is 2.50 bits per heavy atom. The minimum Gasteiger partial charge on any atom is -0.278 e. The number of sulfonamides is 1. The Hall–Kier alpha value is -1.91. The summed E-state index contributed by atoms with van der Waals surface area (Å²) in [5, 5.41) is 8.74. The van der Waals surface area contributed by atoms with Gasteiger partial charge in [-0.25, -0.2) is 12.8 Å². The predicted molar refractivity (Wildman–Crippen MR) is 76.1 cm³/mol. The quantitative estimate of drug-likeness (QED) is 0.919. The van der Waals surface area contributed by atoms with Gasteiger partial charge in [-0.05, 0) is 46.3 Å². The molecule has 0 aliphatic rings. The van der Waals surface area contributed by atoms with E-state index in [1.54, 1.807) is 0 Å². The van der Waals surface area contributed by atoms with Crippen LogP contribution in [0.15, 0.2) is 51.8 Å². The third kappa shape index (κ3) is 2.98. The van der Waals surface area contributed by atoms with Crippen LogP contribution in [0.3, 0.4) is 0 Å². The number of halogens is 2. The fraction of sp³-hybridized carbons (Fsp3) is 0. The molecule has 1 N–H and O–H groups in total. The van der Waals surface area contributed by atoms with E-state index >= 15 is 0 Å². The summed E-state index contributed by atoms with van der Waals surface area (Å²) in [5.41, 5.74) is 0.609. The lowest BCUT2D eigenvalue weighted by atomic mass is 10.2. The smallest absolute Gasteiger partial charge is 0.264 e. The van der Waals surface area contributed by atoms with Crippen molar-refractivity contribution in [1.29, 1.82) is 5.26 Å². The van der Waals surface area contributed by atoms with E-state index in [0.29, 0.717) is 10.0 Å². The molecule has 2 aromatic rings. The Labute approximate surface area is 124 Å². The average Bonchev–Trinajstić information content (AvgIpc) is 2.41. The summed E-state index contributed by atoms with van der Waals surface area (Å²) < 4.78 is 40.4. The molecule has 2 aromatic carbocycles. The molecule has 2 rings (SSSR count). The molecule has 0 saturated carbocycles. The van der Waals surface area contributed by atoms with E-state index in [0.717, 1.165) is 6.07 Å². The Morgan fingerprint density at radius 2 is 1.90 bits per heavy atom. The number of hydrogen-bond donors (Lipinski definition) is 1. The van der Waals surface area contributed by atoms with Gasteiger partial charge in [-0.3, -0.25) is 4.72 Å². The van der Waals surface area contributed by atoms with Crippen molar-refractivity contribution in [3.63, 3.8) is 0 Å². The SMILES string of the molecule is N#Cc1ccc(NS(=O)(=O)c2ccccc2F)c(Br)c1. The molecule has 0 aliphatic heterocycles. The second kappa shape index (κ2) is 5.61.